The Hall–Kier alpha value is -4.90. The quantitative estimate of drug-likeness (QED) is 0.241. The molecule has 0 saturated heterocycles. The first-order chi connectivity index (χ1) is 17.1. The van der Waals surface area contributed by atoms with Crippen molar-refractivity contribution in [2.45, 2.75) is 0 Å². The minimum absolute atomic E-state index is 0.542. The molecule has 5 nitrogen and oxygen atoms in total. The van der Waals surface area contributed by atoms with Crippen LogP contribution in [-0.2, 0) is 0 Å². The van der Waals surface area contributed by atoms with Gasteiger partial charge in [0.05, 0.1) is 5.69 Å². The molecule has 5 heteroatoms. The molecule has 0 aliphatic heterocycles. The molecular formula is C30H24N2O3. The maximum Gasteiger partial charge on any atom is 0.154 e. The highest BCUT2D eigenvalue weighted by Gasteiger charge is 2.07. The topological polar surface area (TPSA) is 79.7 Å². The number of rotatable bonds is 7. The third kappa shape index (κ3) is 5.54. The molecule has 5 aromatic carbocycles. The standard InChI is InChI=1S/C30H24N2O3/c31-23-10-16-27(17-11-23)33-25-12-6-21(7-13-25)22-8-14-26(15-9-22)34-28-18-19-29(32)30(20-28)35-24-4-2-1-3-5-24/h1-20H,31-32H2. The Balaban J connectivity index is 1.25. The van der Waals surface area contributed by atoms with Crippen molar-refractivity contribution in [3.05, 3.63) is 121 Å². The summed E-state index contributed by atoms with van der Waals surface area (Å²) in [6.07, 6.45) is 0. The number of nitrogen functional groups attached to an aromatic ring is 2. The lowest BCUT2D eigenvalue weighted by molar-refractivity contribution is 0.462. The van der Waals surface area contributed by atoms with Crippen molar-refractivity contribution >= 4 is 11.4 Å². The van der Waals surface area contributed by atoms with Crippen LogP contribution in [0, 0.1) is 0 Å². The molecule has 0 fully saturated rings. The van der Waals surface area contributed by atoms with E-state index in [9.17, 15) is 0 Å². The first-order valence-electron chi connectivity index (χ1n) is 11.2. The van der Waals surface area contributed by atoms with Gasteiger partial charge in [0, 0.05) is 11.8 Å². The Morgan fingerprint density at radius 2 is 0.857 bits per heavy atom. The maximum atomic E-state index is 6.08. The molecule has 0 bridgehead atoms. The van der Waals surface area contributed by atoms with E-state index in [1.54, 1.807) is 12.1 Å². The molecule has 5 rings (SSSR count). The zero-order valence-corrected chi connectivity index (χ0v) is 18.9. The summed E-state index contributed by atoms with van der Waals surface area (Å²) in [5.74, 6) is 4.12. The van der Waals surface area contributed by atoms with E-state index in [0.717, 1.165) is 22.6 Å². The van der Waals surface area contributed by atoms with E-state index in [1.807, 2.05) is 109 Å². The van der Waals surface area contributed by atoms with E-state index in [2.05, 4.69) is 0 Å². The number of hydrogen-bond donors (Lipinski definition) is 2. The van der Waals surface area contributed by atoms with Crippen LogP contribution < -0.4 is 25.7 Å². The largest absolute Gasteiger partial charge is 0.457 e. The Kier molecular flexibility index (Phi) is 6.22. The van der Waals surface area contributed by atoms with Gasteiger partial charge in [0.2, 0.25) is 0 Å². The van der Waals surface area contributed by atoms with Crippen molar-refractivity contribution in [1.82, 2.24) is 0 Å². The lowest BCUT2D eigenvalue weighted by atomic mass is 10.1. The third-order valence-corrected chi connectivity index (χ3v) is 5.35. The van der Waals surface area contributed by atoms with Gasteiger partial charge in [0.25, 0.3) is 0 Å². The smallest absolute Gasteiger partial charge is 0.154 e. The maximum absolute atomic E-state index is 6.08. The summed E-state index contributed by atoms with van der Waals surface area (Å²) in [5, 5.41) is 0. The van der Waals surface area contributed by atoms with Gasteiger partial charge >= 0.3 is 0 Å². The second-order valence-corrected chi connectivity index (χ2v) is 7.94. The molecule has 0 atom stereocenters. The molecule has 0 aliphatic rings. The van der Waals surface area contributed by atoms with Crippen LogP contribution in [0.25, 0.3) is 11.1 Å². The molecule has 0 amide bonds. The molecule has 172 valence electrons. The van der Waals surface area contributed by atoms with Gasteiger partial charge in [-0.2, -0.15) is 0 Å². The minimum atomic E-state index is 0.542. The summed E-state index contributed by atoms with van der Waals surface area (Å²) in [4.78, 5) is 0. The molecule has 4 N–H and O–H groups in total. The molecule has 35 heavy (non-hydrogen) atoms. The second-order valence-electron chi connectivity index (χ2n) is 7.94. The minimum Gasteiger partial charge on any atom is -0.457 e. The molecule has 5 aromatic rings. The van der Waals surface area contributed by atoms with Crippen LogP contribution in [0.1, 0.15) is 0 Å². The number of hydrogen-bond acceptors (Lipinski definition) is 5. The SMILES string of the molecule is Nc1ccc(Oc2ccc(-c3ccc(Oc4ccc(N)c(Oc5ccccc5)c4)cc3)cc2)cc1. The average molecular weight is 461 g/mol. The third-order valence-electron chi connectivity index (χ3n) is 5.35. The van der Waals surface area contributed by atoms with Gasteiger partial charge in [-0.15, -0.1) is 0 Å². The fourth-order valence-corrected chi connectivity index (χ4v) is 3.52. The number of nitrogens with two attached hydrogens (primary N) is 2. The summed E-state index contributed by atoms with van der Waals surface area (Å²) in [5.41, 5.74) is 15.2. The van der Waals surface area contributed by atoms with Crippen molar-refractivity contribution in [3.63, 3.8) is 0 Å². The summed E-state index contributed by atoms with van der Waals surface area (Å²) in [7, 11) is 0. The fourth-order valence-electron chi connectivity index (χ4n) is 3.52. The van der Waals surface area contributed by atoms with Crippen LogP contribution >= 0.6 is 0 Å². The molecule has 0 aliphatic carbocycles. The van der Waals surface area contributed by atoms with Crippen LogP contribution in [0.3, 0.4) is 0 Å². The number of ether oxygens (including phenoxy) is 3. The van der Waals surface area contributed by atoms with Gasteiger partial charge < -0.3 is 25.7 Å². The number of anilines is 2. The van der Waals surface area contributed by atoms with Crippen LogP contribution in [-0.4, -0.2) is 0 Å². The van der Waals surface area contributed by atoms with E-state index in [0.29, 0.717) is 34.4 Å². The van der Waals surface area contributed by atoms with Gasteiger partial charge in [0.1, 0.15) is 28.7 Å². The molecule has 0 heterocycles. The normalized spacial score (nSPS) is 10.5. The van der Waals surface area contributed by atoms with Gasteiger partial charge in [0.15, 0.2) is 5.75 Å². The average Bonchev–Trinajstić information content (AvgIpc) is 2.89. The van der Waals surface area contributed by atoms with Gasteiger partial charge in [-0.05, 0) is 83.9 Å². The Labute approximate surface area is 204 Å². The Morgan fingerprint density at radius 1 is 0.400 bits per heavy atom. The van der Waals surface area contributed by atoms with Crippen molar-refractivity contribution in [3.8, 4) is 45.6 Å². The van der Waals surface area contributed by atoms with E-state index in [4.69, 9.17) is 25.7 Å². The first-order valence-corrected chi connectivity index (χ1v) is 11.2. The molecule has 0 unspecified atom stereocenters. The van der Waals surface area contributed by atoms with E-state index < -0.39 is 0 Å². The van der Waals surface area contributed by atoms with Crippen molar-refractivity contribution in [1.29, 1.82) is 0 Å². The summed E-state index contributed by atoms with van der Waals surface area (Å²) in [6, 6.07) is 38.0. The predicted molar refractivity (Wildman–Crippen MR) is 140 cm³/mol. The van der Waals surface area contributed by atoms with Crippen LogP contribution in [0.2, 0.25) is 0 Å². The molecule has 0 spiro atoms. The van der Waals surface area contributed by atoms with Gasteiger partial charge in [-0.1, -0.05) is 42.5 Å². The summed E-state index contributed by atoms with van der Waals surface area (Å²) in [6.45, 7) is 0. The van der Waals surface area contributed by atoms with Crippen LogP contribution in [0.15, 0.2) is 121 Å². The summed E-state index contributed by atoms with van der Waals surface area (Å²) < 4.78 is 17.8. The summed E-state index contributed by atoms with van der Waals surface area (Å²) >= 11 is 0. The molecule has 0 aromatic heterocycles. The Bertz CT molecular complexity index is 1400. The van der Waals surface area contributed by atoms with E-state index in [1.165, 1.54) is 0 Å². The van der Waals surface area contributed by atoms with Crippen molar-refractivity contribution < 1.29 is 14.2 Å². The van der Waals surface area contributed by atoms with Crippen LogP contribution in [0.4, 0.5) is 11.4 Å². The molecular weight excluding hydrogens is 436 g/mol. The number of benzene rings is 5. The van der Waals surface area contributed by atoms with Crippen molar-refractivity contribution in [2.24, 2.45) is 0 Å². The highest BCUT2D eigenvalue weighted by atomic mass is 16.5. The predicted octanol–water partition coefficient (Wildman–Crippen LogP) is 7.89. The molecule has 0 radical (unpaired) electrons. The highest BCUT2D eigenvalue weighted by Crippen LogP contribution is 2.34. The van der Waals surface area contributed by atoms with Crippen LogP contribution in [0.5, 0.6) is 34.5 Å². The van der Waals surface area contributed by atoms with E-state index >= 15 is 0 Å². The van der Waals surface area contributed by atoms with Gasteiger partial charge in [-0.25, -0.2) is 0 Å². The lowest BCUT2D eigenvalue weighted by Crippen LogP contribution is -1.93. The Morgan fingerprint density at radius 3 is 1.43 bits per heavy atom. The lowest BCUT2D eigenvalue weighted by Gasteiger charge is -2.12. The van der Waals surface area contributed by atoms with E-state index in [-0.39, 0.29) is 0 Å². The van der Waals surface area contributed by atoms with Gasteiger partial charge in [-0.3, -0.25) is 0 Å². The fraction of sp³-hybridized carbons (Fsp3) is 0. The zero-order chi connectivity index (χ0) is 24.0. The molecule has 0 saturated carbocycles. The monoisotopic (exact) mass is 460 g/mol. The second kappa shape index (κ2) is 9.93. The highest BCUT2D eigenvalue weighted by molar-refractivity contribution is 5.65. The number of para-hydroxylation sites is 1. The first kappa shape index (κ1) is 21.9. The van der Waals surface area contributed by atoms with Crippen molar-refractivity contribution in [2.75, 3.05) is 11.5 Å². The zero-order valence-electron chi connectivity index (χ0n) is 18.9.